The van der Waals surface area contributed by atoms with Crippen molar-refractivity contribution in [3.63, 3.8) is 0 Å². The minimum absolute atomic E-state index is 0.126. The van der Waals surface area contributed by atoms with E-state index in [1.807, 2.05) is 58.0 Å². The number of carbonyl (C=O) groups is 1. The van der Waals surface area contributed by atoms with Gasteiger partial charge in [-0.05, 0) is 65.0 Å². The van der Waals surface area contributed by atoms with E-state index in [-0.39, 0.29) is 18.6 Å². The van der Waals surface area contributed by atoms with E-state index in [0.29, 0.717) is 30.4 Å². The Bertz CT molecular complexity index is 1210. The lowest BCUT2D eigenvalue weighted by molar-refractivity contribution is -0.154. The Morgan fingerprint density at radius 2 is 1.97 bits per heavy atom. The third-order valence-corrected chi connectivity index (χ3v) is 5.84. The maximum Gasteiger partial charge on any atom is 0.311 e. The van der Waals surface area contributed by atoms with Gasteiger partial charge in [0.15, 0.2) is 5.65 Å². The van der Waals surface area contributed by atoms with Crippen LogP contribution >= 0.6 is 0 Å². The van der Waals surface area contributed by atoms with Crippen molar-refractivity contribution in [2.45, 2.75) is 47.3 Å². The molecular formula is C26H32N4O4. The molecule has 0 N–H and O–H groups in total. The fourth-order valence-electron chi connectivity index (χ4n) is 3.93. The molecule has 2 aromatic heterocycles. The van der Waals surface area contributed by atoms with Crippen LogP contribution in [0.4, 0.5) is 5.82 Å². The SMILES string of the molecule is COc1ccc(-c2ccc3c(N4CCOCC4C)nc(C)nc3n2)cc1COC(=O)C(C)(C)C. The van der Waals surface area contributed by atoms with Crippen LogP contribution in [0.3, 0.4) is 0 Å². The van der Waals surface area contributed by atoms with Gasteiger partial charge in [0, 0.05) is 17.7 Å². The second kappa shape index (κ2) is 9.54. The van der Waals surface area contributed by atoms with Gasteiger partial charge in [0.1, 0.15) is 24.0 Å². The molecule has 4 rings (SSSR count). The lowest BCUT2D eigenvalue weighted by Gasteiger charge is -2.34. The summed E-state index contributed by atoms with van der Waals surface area (Å²) in [6.45, 7) is 11.8. The van der Waals surface area contributed by atoms with Crippen LogP contribution in [-0.4, -0.2) is 53.8 Å². The molecule has 3 heterocycles. The predicted octanol–water partition coefficient (Wildman–Crippen LogP) is 4.32. The zero-order valence-corrected chi connectivity index (χ0v) is 20.7. The highest BCUT2D eigenvalue weighted by Gasteiger charge is 2.25. The second-order valence-electron chi connectivity index (χ2n) is 9.63. The Kier molecular flexibility index (Phi) is 6.70. The van der Waals surface area contributed by atoms with Gasteiger partial charge in [0.05, 0.1) is 42.9 Å². The van der Waals surface area contributed by atoms with Crippen molar-refractivity contribution in [1.29, 1.82) is 0 Å². The number of nitrogens with zero attached hydrogens (tertiary/aromatic N) is 4. The summed E-state index contributed by atoms with van der Waals surface area (Å²) in [5.74, 6) is 1.96. The van der Waals surface area contributed by atoms with Gasteiger partial charge in [-0.25, -0.2) is 15.0 Å². The number of benzene rings is 1. The number of fused-ring (bicyclic) bond motifs is 1. The summed E-state index contributed by atoms with van der Waals surface area (Å²) in [6.07, 6.45) is 0. The van der Waals surface area contributed by atoms with Crippen molar-refractivity contribution in [1.82, 2.24) is 15.0 Å². The second-order valence-corrected chi connectivity index (χ2v) is 9.63. The van der Waals surface area contributed by atoms with Crippen LogP contribution in [0.1, 0.15) is 39.1 Å². The number of morpholine rings is 1. The van der Waals surface area contributed by atoms with Crippen molar-refractivity contribution >= 4 is 22.8 Å². The van der Waals surface area contributed by atoms with Crippen molar-refractivity contribution in [3.05, 3.63) is 41.7 Å². The molecule has 0 saturated carbocycles. The molecule has 0 spiro atoms. The van der Waals surface area contributed by atoms with Crippen molar-refractivity contribution in [2.24, 2.45) is 5.41 Å². The Hall–Kier alpha value is -3.26. The monoisotopic (exact) mass is 464 g/mol. The third kappa shape index (κ3) is 4.97. The quantitative estimate of drug-likeness (QED) is 0.516. The lowest BCUT2D eigenvalue weighted by atomic mass is 9.97. The summed E-state index contributed by atoms with van der Waals surface area (Å²) in [5.41, 5.74) is 2.52. The molecule has 34 heavy (non-hydrogen) atoms. The van der Waals surface area contributed by atoms with Gasteiger partial charge in [-0.15, -0.1) is 0 Å². The van der Waals surface area contributed by atoms with E-state index in [9.17, 15) is 4.79 Å². The zero-order valence-electron chi connectivity index (χ0n) is 20.7. The van der Waals surface area contributed by atoms with Gasteiger partial charge in [0.25, 0.3) is 0 Å². The van der Waals surface area contributed by atoms with E-state index in [2.05, 4.69) is 16.8 Å². The fourth-order valence-corrected chi connectivity index (χ4v) is 3.93. The molecule has 0 aliphatic carbocycles. The molecule has 0 amide bonds. The highest BCUT2D eigenvalue weighted by Crippen LogP contribution is 2.31. The average Bonchev–Trinajstić information content (AvgIpc) is 2.81. The number of hydrogen-bond donors (Lipinski definition) is 0. The Morgan fingerprint density at radius 3 is 2.68 bits per heavy atom. The van der Waals surface area contributed by atoms with E-state index < -0.39 is 5.41 Å². The first kappa shape index (κ1) is 23.9. The summed E-state index contributed by atoms with van der Waals surface area (Å²) < 4.78 is 16.6. The third-order valence-electron chi connectivity index (χ3n) is 5.84. The molecule has 1 aliphatic rings. The van der Waals surface area contributed by atoms with E-state index in [0.717, 1.165) is 34.6 Å². The molecule has 1 aliphatic heterocycles. The van der Waals surface area contributed by atoms with Crippen molar-refractivity contribution in [3.8, 4) is 17.0 Å². The van der Waals surface area contributed by atoms with Crippen LogP contribution in [0, 0.1) is 12.3 Å². The Morgan fingerprint density at radius 1 is 1.18 bits per heavy atom. The predicted molar refractivity (Wildman–Crippen MR) is 131 cm³/mol. The van der Waals surface area contributed by atoms with E-state index in [1.54, 1.807) is 7.11 Å². The number of anilines is 1. The highest BCUT2D eigenvalue weighted by molar-refractivity contribution is 5.89. The van der Waals surface area contributed by atoms with Crippen molar-refractivity contribution < 1.29 is 19.0 Å². The number of aryl methyl sites for hydroxylation is 1. The zero-order chi connectivity index (χ0) is 24.5. The lowest BCUT2D eigenvalue weighted by Crippen LogP contribution is -2.44. The highest BCUT2D eigenvalue weighted by atomic mass is 16.5. The summed E-state index contributed by atoms with van der Waals surface area (Å²) in [5, 5.41) is 0.913. The van der Waals surface area contributed by atoms with Crippen LogP contribution in [0.5, 0.6) is 5.75 Å². The van der Waals surface area contributed by atoms with Gasteiger partial charge in [-0.3, -0.25) is 4.79 Å². The van der Waals surface area contributed by atoms with Gasteiger partial charge < -0.3 is 19.1 Å². The summed E-state index contributed by atoms with van der Waals surface area (Å²) >= 11 is 0. The van der Waals surface area contributed by atoms with Crippen molar-refractivity contribution in [2.75, 3.05) is 31.8 Å². The Labute approximate surface area is 200 Å². The van der Waals surface area contributed by atoms with Gasteiger partial charge >= 0.3 is 5.97 Å². The number of carbonyl (C=O) groups excluding carboxylic acids is 1. The molecule has 1 aromatic carbocycles. The van der Waals surface area contributed by atoms with E-state index in [1.165, 1.54) is 0 Å². The first-order chi connectivity index (χ1) is 16.2. The number of ether oxygens (including phenoxy) is 3. The Balaban J connectivity index is 1.69. The molecular weight excluding hydrogens is 432 g/mol. The minimum atomic E-state index is -0.571. The number of esters is 1. The molecule has 1 atom stereocenters. The minimum Gasteiger partial charge on any atom is -0.496 e. The van der Waals surface area contributed by atoms with Gasteiger partial charge in [0.2, 0.25) is 0 Å². The molecule has 3 aromatic rings. The summed E-state index contributed by atoms with van der Waals surface area (Å²) in [7, 11) is 1.60. The van der Waals surface area contributed by atoms with Crippen LogP contribution in [-0.2, 0) is 20.9 Å². The largest absolute Gasteiger partial charge is 0.496 e. The topological polar surface area (TPSA) is 86.7 Å². The maximum absolute atomic E-state index is 12.3. The molecule has 1 saturated heterocycles. The van der Waals surface area contributed by atoms with Crippen LogP contribution in [0.15, 0.2) is 30.3 Å². The molecule has 1 unspecified atom stereocenters. The summed E-state index contributed by atoms with van der Waals surface area (Å²) in [6, 6.07) is 9.99. The summed E-state index contributed by atoms with van der Waals surface area (Å²) in [4.78, 5) is 28.7. The average molecular weight is 465 g/mol. The fraction of sp³-hybridized carbons (Fsp3) is 0.462. The van der Waals surface area contributed by atoms with Crippen LogP contribution < -0.4 is 9.64 Å². The number of rotatable bonds is 5. The smallest absolute Gasteiger partial charge is 0.311 e. The number of aromatic nitrogens is 3. The van der Waals surface area contributed by atoms with Gasteiger partial charge in [-0.2, -0.15) is 0 Å². The first-order valence-corrected chi connectivity index (χ1v) is 11.5. The molecule has 180 valence electrons. The molecule has 8 nitrogen and oxygen atoms in total. The first-order valence-electron chi connectivity index (χ1n) is 11.5. The molecule has 0 bridgehead atoms. The number of hydrogen-bond acceptors (Lipinski definition) is 8. The molecule has 8 heteroatoms. The molecule has 1 fully saturated rings. The number of methoxy groups -OCH3 is 1. The standard InChI is InChI=1S/C26H32N4O4/c1-16-14-33-12-11-30(16)24-20-8-9-21(29-23(20)27-17(2)28-24)18-7-10-22(32-6)19(13-18)15-34-25(31)26(3,4)5/h7-10,13,16H,11-12,14-15H2,1-6H3. The number of pyridine rings is 1. The maximum atomic E-state index is 12.3. The van der Waals surface area contributed by atoms with E-state index >= 15 is 0 Å². The normalized spacial score (nSPS) is 16.5. The van der Waals surface area contributed by atoms with Crippen LogP contribution in [0.25, 0.3) is 22.3 Å². The molecule has 0 radical (unpaired) electrons. The van der Waals surface area contributed by atoms with Crippen LogP contribution in [0.2, 0.25) is 0 Å². The van der Waals surface area contributed by atoms with Gasteiger partial charge in [-0.1, -0.05) is 0 Å². The van der Waals surface area contributed by atoms with E-state index in [4.69, 9.17) is 24.2 Å².